The van der Waals surface area contributed by atoms with Crippen molar-refractivity contribution < 1.29 is 0 Å². The van der Waals surface area contributed by atoms with Crippen molar-refractivity contribution in [1.82, 2.24) is 20.3 Å². The third kappa shape index (κ3) is 2.15. The summed E-state index contributed by atoms with van der Waals surface area (Å²) in [7, 11) is 0. The summed E-state index contributed by atoms with van der Waals surface area (Å²) in [4.78, 5) is 11.5. The van der Waals surface area contributed by atoms with Gasteiger partial charge in [-0.25, -0.2) is 9.97 Å². The summed E-state index contributed by atoms with van der Waals surface area (Å²) in [6.45, 7) is 3.16. The zero-order valence-corrected chi connectivity index (χ0v) is 11.0. The molecule has 0 unspecified atom stereocenters. The monoisotopic (exact) mass is 265 g/mol. The van der Waals surface area contributed by atoms with Gasteiger partial charge in [0, 0.05) is 24.8 Å². The predicted molar refractivity (Wildman–Crippen MR) is 73.0 cm³/mol. The number of halogens is 1. The lowest BCUT2D eigenvalue weighted by molar-refractivity contribution is 0.398. The summed E-state index contributed by atoms with van der Waals surface area (Å²) in [5.41, 5.74) is 0.773. The third-order valence-corrected chi connectivity index (χ3v) is 3.72. The summed E-state index contributed by atoms with van der Waals surface area (Å²) in [5.74, 6) is 0.813. The van der Waals surface area contributed by atoms with Crippen LogP contribution in [-0.2, 0) is 0 Å². The van der Waals surface area contributed by atoms with Crippen LogP contribution in [0, 0.1) is 0 Å². The number of fused-ring (bicyclic) bond motifs is 1. The lowest BCUT2D eigenvalue weighted by atomic mass is 10.0. The fraction of sp³-hybridized carbons (Fsp3) is 0.500. The van der Waals surface area contributed by atoms with Crippen LogP contribution in [0.15, 0.2) is 12.5 Å². The second-order valence-corrected chi connectivity index (χ2v) is 5.22. The quantitative estimate of drug-likeness (QED) is 0.779. The number of hydrogen-bond donors (Lipinski definition) is 3. The fourth-order valence-electron chi connectivity index (χ4n) is 2.35. The molecule has 2 atom stereocenters. The van der Waals surface area contributed by atoms with Gasteiger partial charge in [-0.15, -0.1) is 0 Å². The Hall–Kier alpha value is -1.33. The molecule has 3 rings (SSSR count). The second kappa shape index (κ2) is 4.74. The molecule has 96 valence electrons. The van der Waals surface area contributed by atoms with Crippen LogP contribution in [0.4, 0.5) is 5.82 Å². The lowest BCUT2D eigenvalue weighted by Gasteiger charge is -2.28. The number of aromatic nitrogens is 3. The summed E-state index contributed by atoms with van der Waals surface area (Å²) < 4.78 is 0. The van der Waals surface area contributed by atoms with Gasteiger partial charge in [-0.05, 0) is 19.8 Å². The van der Waals surface area contributed by atoms with E-state index in [4.69, 9.17) is 11.6 Å². The molecule has 1 saturated heterocycles. The molecule has 0 aliphatic carbocycles. The number of H-pyrrole nitrogens is 1. The standard InChI is InChI=1S/C12H16ClN5/c1-7-2-3-8(4-14-7)18-12-10-9(13)5-15-11(10)16-6-17-12/h5-8,14H,2-4H2,1H3,(H2,15,16,17,18)/t7-,8+/m0/s1. The van der Waals surface area contributed by atoms with Crippen molar-refractivity contribution in [2.45, 2.75) is 31.8 Å². The third-order valence-electron chi connectivity index (χ3n) is 3.42. The molecule has 1 aliphatic rings. The van der Waals surface area contributed by atoms with Gasteiger partial charge in [0.15, 0.2) is 0 Å². The first-order chi connectivity index (χ1) is 8.74. The molecule has 3 N–H and O–H groups in total. The van der Waals surface area contributed by atoms with E-state index >= 15 is 0 Å². The predicted octanol–water partition coefficient (Wildman–Crippen LogP) is 2.16. The maximum absolute atomic E-state index is 6.15. The van der Waals surface area contributed by atoms with Crippen molar-refractivity contribution in [3.63, 3.8) is 0 Å². The minimum Gasteiger partial charge on any atom is -0.365 e. The Morgan fingerprint density at radius 3 is 3.06 bits per heavy atom. The zero-order chi connectivity index (χ0) is 12.5. The molecular weight excluding hydrogens is 250 g/mol. The van der Waals surface area contributed by atoms with E-state index in [0.29, 0.717) is 17.1 Å². The van der Waals surface area contributed by atoms with Gasteiger partial charge < -0.3 is 15.6 Å². The lowest BCUT2D eigenvalue weighted by Crippen LogP contribution is -2.43. The van der Waals surface area contributed by atoms with E-state index in [1.54, 1.807) is 12.5 Å². The topological polar surface area (TPSA) is 65.6 Å². The average molecular weight is 266 g/mol. The number of aromatic amines is 1. The molecule has 6 heteroatoms. The van der Waals surface area contributed by atoms with Crippen LogP contribution in [0.1, 0.15) is 19.8 Å². The molecule has 1 aliphatic heterocycles. The van der Waals surface area contributed by atoms with E-state index in [0.717, 1.165) is 29.8 Å². The molecule has 0 radical (unpaired) electrons. The van der Waals surface area contributed by atoms with Gasteiger partial charge in [0.05, 0.1) is 10.4 Å². The first-order valence-electron chi connectivity index (χ1n) is 6.21. The van der Waals surface area contributed by atoms with Crippen molar-refractivity contribution in [3.05, 3.63) is 17.5 Å². The molecule has 0 aromatic carbocycles. The molecule has 2 aromatic heterocycles. The first kappa shape index (κ1) is 11.7. The van der Waals surface area contributed by atoms with Gasteiger partial charge in [0.25, 0.3) is 0 Å². The van der Waals surface area contributed by atoms with Crippen molar-refractivity contribution in [2.24, 2.45) is 0 Å². The summed E-state index contributed by atoms with van der Waals surface area (Å²) in [5, 5.41) is 8.45. The van der Waals surface area contributed by atoms with Crippen molar-refractivity contribution in [3.8, 4) is 0 Å². The SMILES string of the molecule is C[C@H]1CC[C@@H](Nc2ncnc3[nH]cc(Cl)c23)CN1. The van der Waals surface area contributed by atoms with Crippen LogP contribution in [0.5, 0.6) is 0 Å². The number of hydrogen-bond acceptors (Lipinski definition) is 4. The van der Waals surface area contributed by atoms with E-state index in [2.05, 4.69) is 32.5 Å². The molecule has 5 nitrogen and oxygen atoms in total. The molecule has 0 amide bonds. The molecule has 0 saturated carbocycles. The number of nitrogens with zero attached hydrogens (tertiary/aromatic N) is 2. The smallest absolute Gasteiger partial charge is 0.144 e. The Morgan fingerprint density at radius 1 is 1.39 bits per heavy atom. The van der Waals surface area contributed by atoms with Crippen LogP contribution in [0.25, 0.3) is 11.0 Å². The molecular formula is C12H16ClN5. The highest BCUT2D eigenvalue weighted by molar-refractivity contribution is 6.36. The van der Waals surface area contributed by atoms with E-state index in [9.17, 15) is 0 Å². The van der Waals surface area contributed by atoms with Gasteiger partial charge in [-0.3, -0.25) is 0 Å². The first-order valence-corrected chi connectivity index (χ1v) is 6.59. The molecule has 0 spiro atoms. The van der Waals surface area contributed by atoms with Gasteiger partial charge in [-0.2, -0.15) is 0 Å². The van der Waals surface area contributed by atoms with Gasteiger partial charge in [-0.1, -0.05) is 11.6 Å². The molecule has 0 bridgehead atoms. The minimum absolute atomic E-state index is 0.394. The zero-order valence-electron chi connectivity index (χ0n) is 10.2. The maximum Gasteiger partial charge on any atom is 0.144 e. The van der Waals surface area contributed by atoms with Crippen LogP contribution in [0.3, 0.4) is 0 Å². The van der Waals surface area contributed by atoms with Crippen LogP contribution < -0.4 is 10.6 Å². The van der Waals surface area contributed by atoms with E-state index in [1.165, 1.54) is 6.42 Å². The number of rotatable bonds is 2. The molecule has 1 fully saturated rings. The Morgan fingerprint density at radius 2 is 2.28 bits per heavy atom. The van der Waals surface area contributed by atoms with Crippen LogP contribution in [-0.4, -0.2) is 33.6 Å². The Balaban J connectivity index is 1.84. The van der Waals surface area contributed by atoms with E-state index < -0.39 is 0 Å². The number of nitrogens with one attached hydrogen (secondary N) is 3. The summed E-state index contributed by atoms with van der Waals surface area (Å²) >= 11 is 6.15. The molecule has 3 heterocycles. The van der Waals surface area contributed by atoms with Gasteiger partial charge in [0.2, 0.25) is 0 Å². The van der Waals surface area contributed by atoms with Crippen molar-refractivity contribution >= 4 is 28.5 Å². The molecule has 2 aromatic rings. The highest BCUT2D eigenvalue weighted by Gasteiger charge is 2.19. The largest absolute Gasteiger partial charge is 0.365 e. The fourth-order valence-corrected chi connectivity index (χ4v) is 2.58. The molecule has 18 heavy (non-hydrogen) atoms. The second-order valence-electron chi connectivity index (χ2n) is 4.81. The number of anilines is 1. The van der Waals surface area contributed by atoms with E-state index in [-0.39, 0.29) is 0 Å². The van der Waals surface area contributed by atoms with Gasteiger partial charge >= 0.3 is 0 Å². The Labute approximate surface area is 110 Å². The van der Waals surface area contributed by atoms with E-state index in [1.807, 2.05) is 0 Å². The average Bonchev–Trinajstić information content (AvgIpc) is 2.75. The Bertz CT molecular complexity index is 544. The number of piperidine rings is 1. The summed E-state index contributed by atoms with van der Waals surface area (Å²) in [6, 6.07) is 0.995. The summed E-state index contributed by atoms with van der Waals surface area (Å²) in [6.07, 6.45) is 5.61. The van der Waals surface area contributed by atoms with Gasteiger partial charge in [0.1, 0.15) is 17.8 Å². The highest BCUT2D eigenvalue weighted by atomic mass is 35.5. The van der Waals surface area contributed by atoms with Crippen LogP contribution >= 0.6 is 11.6 Å². The van der Waals surface area contributed by atoms with Crippen molar-refractivity contribution in [2.75, 3.05) is 11.9 Å². The van der Waals surface area contributed by atoms with Crippen LogP contribution in [0.2, 0.25) is 5.02 Å². The van der Waals surface area contributed by atoms with Crippen molar-refractivity contribution in [1.29, 1.82) is 0 Å². The normalized spacial score (nSPS) is 24.3. The highest BCUT2D eigenvalue weighted by Crippen LogP contribution is 2.28. The maximum atomic E-state index is 6.15. The minimum atomic E-state index is 0.394. The Kier molecular flexibility index (Phi) is 3.09.